The molecule has 0 saturated carbocycles. The molecule has 1 heterocycles. The van der Waals surface area contributed by atoms with Crippen LogP contribution in [-0.2, 0) is 10.8 Å². The lowest BCUT2D eigenvalue weighted by Gasteiger charge is -2.05. The number of nitrogens with one attached hydrogen (secondary N) is 1. The molecular weight excluding hydrogens is 244 g/mol. The molecule has 1 unspecified atom stereocenters. The summed E-state index contributed by atoms with van der Waals surface area (Å²) in [7, 11) is -0.847. The molecule has 17 heavy (non-hydrogen) atoms. The van der Waals surface area contributed by atoms with E-state index in [4.69, 9.17) is 5.73 Å². The minimum Gasteiger partial charge on any atom is -0.378 e. The highest BCUT2D eigenvalue weighted by Gasteiger charge is 2.12. The Balaban J connectivity index is 2.59. The quantitative estimate of drug-likeness (QED) is 0.575. The van der Waals surface area contributed by atoms with Gasteiger partial charge in [0.2, 0.25) is 5.82 Å². The summed E-state index contributed by atoms with van der Waals surface area (Å²) in [5.74, 6) is 1.44. The lowest BCUT2D eigenvalue weighted by molar-refractivity contribution is -0.384. The Kier molecular flexibility index (Phi) is 4.83. The Morgan fingerprint density at radius 3 is 2.82 bits per heavy atom. The molecule has 3 N–H and O–H groups in total. The smallest absolute Gasteiger partial charge is 0.311 e. The zero-order valence-corrected chi connectivity index (χ0v) is 10.2. The number of hydrogen-bond acceptors (Lipinski definition) is 6. The molecule has 94 valence electrons. The van der Waals surface area contributed by atoms with Crippen LogP contribution < -0.4 is 11.1 Å². The monoisotopic (exact) mass is 258 g/mol. The molecule has 1 aromatic rings. The summed E-state index contributed by atoms with van der Waals surface area (Å²) in [6.07, 6.45) is 0. The number of pyridine rings is 1. The van der Waals surface area contributed by atoms with Gasteiger partial charge < -0.3 is 11.1 Å². The first-order chi connectivity index (χ1) is 8.04. The van der Waals surface area contributed by atoms with Crippen LogP contribution in [-0.4, -0.2) is 32.2 Å². The summed E-state index contributed by atoms with van der Waals surface area (Å²) < 4.78 is 11.1. The van der Waals surface area contributed by atoms with Crippen LogP contribution in [0.1, 0.15) is 6.92 Å². The number of nitrogens with zero attached hydrogens (tertiary/aromatic N) is 2. The SMILES string of the molecule is CCS(=O)CCNc1ccc([N+](=O)[O-])c(N)n1. The van der Waals surface area contributed by atoms with Gasteiger partial charge in [0, 0.05) is 34.9 Å². The molecule has 8 heteroatoms. The number of nitrogens with two attached hydrogens (primary N) is 1. The molecule has 0 aromatic carbocycles. The van der Waals surface area contributed by atoms with Crippen LogP contribution in [0.3, 0.4) is 0 Å². The van der Waals surface area contributed by atoms with Crippen molar-refractivity contribution < 1.29 is 9.13 Å². The van der Waals surface area contributed by atoms with E-state index in [9.17, 15) is 14.3 Å². The van der Waals surface area contributed by atoms with Gasteiger partial charge in [0.25, 0.3) is 0 Å². The minimum atomic E-state index is -0.847. The van der Waals surface area contributed by atoms with Gasteiger partial charge in [0.15, 0.2) is 0 Å². The van der Waals surface area contributed by atoms with Crippen molar-refractivity contribution in [1.29, 1.82) is 0 Å². The third-order valence-corrected chi connectivity index (χ3v) is 3.36. The molecular formula is C9H14N4O3S. The predicted molar refractivity (Wildman–Crippen MR) is 67.3 cm³/mol. The normalized spacial score (nSPS) is 12.1. The van der Waals surface area contributed by atoms with Gasteiger partial charge in [-0.3, -0.25) is 14.3 Å². The second-order valence-electron chi connectivity index (χ2n) is 3.22. The number of aromatic nitrogens is 1. The molecule has 0 aliphatic carbocycles. The van der Waals surface area contributed by atoms with Crippen LogP contribution in [0.15, 0.2) is 12.1 Å². The van der Waals surface area contributed by atoms with Crippen molar-refractivity contribution in [1.82, 2.24) is 4.98 Å². The van der Waals surface area contributed by atoms with Crippen LogP contribution in [0, 0.1) is 10.1 Å². The Bertz CT molecular complexity index is 438. The average Bonchev–Trinajstić information content (AvgIpc) is 2.28. The Morgan fingerprint density at radius 1 is 1.59 bits per heavy atom. The summed E-state index contributed by atoms with van der Waals surface area (Å²) >= 11 is 0. The second kappa shape index (κ2) is 6.14. The Morgan fingerprint density at radius 2 is 2.29 bits per heavy atom. The highest BCUT2D eigenvalue weighted by molar-refractivity contribution is 7.84. The first-order valence-corrected chi connectivity index (χ1v) is 6.53. The van der Waals surface area contributed by atoms with E-state index in [-0.39, 0.29) is 11.5 Å². The van der Waals surface area contributed by atoms with Crippen molar-refractivity contribution >= 4 is 28.1 Å². The van der Waals surface area contributed by atoms with E-state index in [1.807, 2.05) is 6.92 Å². The van der Waals surface area contributed by atoms with Crippen molar-refractivity contribution in [3.63, 3.8) is 0 Å². The van der Waals surface area contributed by atoms with Gasteiger partial charge in [-0.05, 0) is 6.07 Å². The fraction of sp³-hybridized carbons (Fsp3) is 0.444. The largest absolute Gasteiger partial charge is 0.378 e. The highest BCUT2D eigenvalue weighted by Crippen LogP contribution is 2.20. The number of anilines is 2. The number of rotatable bonds is 6. The number of nitro groups is 1. The molecule has 0 aliphatic rings. The Labute approximate surface area is 101 Å². The van der Waals surface area contributed by atoms with E-state index < -0.39 is 15.7 Å². The maximum absolute atomic E-state index is 11.1. The molecule has 1 rings (SSSR count). The molecule has 0 aliphatic heterocycles. The fourth-order valence-corrected chi connectivity index (χ4v) is 1.78. The van der Waals surface area contributed by atoms with Crippen LogP contribution in [0.5, 0.6) is 0 Å². The predicted octanol–water partition coefficient (Wildman–Crippen LogP) is 0.753. The van der Waals surface area contributed by atoms with Gasteiger partial charge in [-0.25, -0.2) is 4.98 Å². The van der Waals surface area contributed by atoms with Crippen molar-refractivity contribution in [3.05, 3.63) is 22.2 Å². The van der Waals surface area contributed by atoms with E-state index in [0.717, 1.165) is 0 Å². The van der Waals surface area contributed by atoms with Gasteiger partial charge in [-0.2, -0.15) is 0 Å². The molecule has 0 spiro atoms. The summed E-state index contributed by atoms with van der Waals surface area (Å²) in [5, 5.41) is 13.4. The van der Waals surface area contributed by atoms with Gasteiger partial charge in [0.05, 0.1) is 4.92 Å². The Hall–Kier alpha value is -1.70. The fourth-order valence-electron chi connectivity index (χ4n) is 1.16. The highest BCUT2D eigenvalue weighted by atomic mass is 32.2. The van der Waals surface area contributed by atoms with Gasteiger partial charge in [-0.15, -0.1) is 0 Å². The number of nitrogen functional groups attached to an aromatic ring is 1. The molecule has 1 aromatic heterocycles. The first-order valence-electron chi connectivity index (χ1n) is 5.04. The zero-order chi connectivity index (χ0) is 12.8. The van der Waals surface area contributed by atoms with E-state index in [2.05, 4.69) is 10.3 Å². The standard InChI is InChI=1S/C9H14N4O3S/c1-2-17(16)6-5-11-8-4-3-7(13(14)15)9(10)12-8/h3-4H,2,5-6H2,1H3,(H3,10,11,12). The van der Waals surface area contributed by atoms with Crippen LogP contribution in [0.4, 0.5) is 17.3 Å². The molecule has 1 atom stereocenters. The summed E-state index contributed by atoms with van der Waals surface area (Å²) in [6.45, 7) is 2.34. The molecule has 7 nitrogen and oxygen atoms in total. The van der Waals surface area contributed by atoms with Crippen molar-refractivity contribution in [2.24, 2.45) is 0 Å². The molecule has 0 amide bonds. The second-order valence-corrected chi connectivity index (χ2v) is 5.08. The average molecular weight is 258 g/mol. The lowest BCUT2D eigenvalue weighted by Crippen LogP contribution is -2.13. The molecule has 0 radical (unpaired) electrons. The van der Waals surface area contributed by atoms with E-state index in [0.29, 0.717) is 23.9 Å². The topological polar surface area (TPSA) is 111 Å². The first kappa shape index (κ1) is 13.4. The molecule has 0 saturated heterocycles. The van der Waals surface area contributed by atoms with Gasteiger partial charge in [0.1, 0.15) is 5.82 Å². The summed E-state index contributed by atoms with van der Waals surface area (Å²) in [4.78, 5) is 13.8. The van der Waals surface area contributed by atoms with E-state index >= 15 is 0 Å². The van der Waals surface area contributed by atoms with Crippen molar-refractivity contribution in [2.75, 3.05) is 29.1 Å². The van der Waals surface area contributed by atoms with Gasteiger partial charge >= 0.3 is 5.69 Å². The van der Waals surface area contributed by atoms with Crippen LogP contribution >= 0.6 is 0 Å². The minimum absolute atomic E-state index is 0.128. The summed E-state index contributed by atoms with van der Waals surface area (Å²) in [6, 6.07) is 2.77. The van der Waals surface area contributed by atoms with E-state index in [1.165, 1.54) is 12.1 Å². The lowest BCUT2D eigenvalue weighted by atomic mass is 10.4. The van der Waals surface area contributed by atoms with Crippen LogP contribution in [0.25, 0.3) is 0 Å². The van der Waals surface area contributed by atoms with Gasteiger partial charge in [-0.1, -0.05) is 6.92 Å². The van der Waals surface area contributed by atoms with Crippen molar-refractivity contribution in [2.45, 2.75) is 6.92 Å². The third kappa shape index (κ3) is 3.99. The summed E-state index contributed by atoms with van der Waals surface area (Å²) in [5.41, 5.74) is 5.21. The molecule has 0 fully saturated rings. The number of hydrogen-bond donors (Lipinski definition) is 2. The van der Waals surface area contributed by atoms with E-state index in [1.54, 1.807) is 0 Å². The third-order valence-electron chi connectivity index (χ3n) is 2.06. The zero-order valence-electron chi connectivity index (χ0n) is 9.38. The molecule has 0 bridgehead atoms. The maximum atomic E-state index is 11.1. The van der Waals surface area contributed by atoms with Crippen molar-refractivity contribution in [3.8, 4) is 0 Å². The maximum Gasteiger partial charge on any atom is 0.311 e. The van der Waals surface area contributed by atoms with Crippen LogP contribution in [0.2, 0.25) is 0 Å².